The van der Waals surface area contributed by atoms with E-state index in [4.69, 9.17) is 10.3 Å². The molecule has 114 valence electrons. The van der Waals surface area contributed by atoms with E-state index in [2.05, 4.69) is 42.7 Å². The van der Waals surface area contributed by atoms with Crippen LogP contribution in [0.4, 0.5) is 0 Å². The van der Waals surface area contributed by atoms with Gasteiger partial charge in [-0.15, -0.1) is 0 Å². The monoisotopic (exact) mass is 280 g/mol. The standard InChI is InChI=1S/C15H28N4O/c1-5-9-19-10-6-7-15(16,8-11-19)12-17-13(20-18-12)14(2,3)4/h5-11,16H2,1-4H3. The first-order valence-electron chi connectivity index (χ1n) is 7.71. The van der Waals surface area contributed by atoms with Crippen LogP contribution in [-0.2, 0) is 11.0 Å². The van der Waals surface area contributed by atoms with Crippen LogP contribution in [0.3, 0.4) is 0 Å². The van der Waals surface area contributed by atoms with E-state index < -0.39 is 5.54 Å². The molecule has 1 aromatic rings. The summed E-state index contributed by atoms with van der Waals surface area (Å²) < 4.78 is 5.41. The predicted octanol–water partition coefficient (Wildman–Crippen LogP) is 2.42. The summed E-state index contributed by atoms with van der Waals surface area (Å²) >= 11 is 0. The number of nitrogens with two attached hydrogens (primary N) is 1. The van der Waals surface area contributed by atoms with Crippen LogP contribution in [-0.4, -0.2) is 34.7 Å². The Morgan fingerprint density at radius 3 is 2.65 bits per heavy atom. The Balaban J connectivity index is 2.12. The minimum absolute atomic E-state index is 0.124. The summed E-state index contributed by atoms with van der Waals surface area (Å²) in [4.78, 5) is 7.05. The molecule has 0 bridgehead atoms. The molecule has 5 nitrogen and oxygen atoms in total. The Labute approximate surface area is 121 Å². The first-order chi connectivity index (χ1) is 9.35. The number of nitrogens with zero attached hydrogens (tertiary/aromatic N) is 3. The zero-order chi connectivity index (χ0) is 14.8. The zero-order valence-corrected chi connectivity index (χ0v) is 13.3. The van der Waals surface area contributed by atoms with Crippen molar-refractivity contribution in [2.24, 2.45) is 5.73 Å². The maximum absolute atomic E-state index is 6.58. The van der Waals surface area contributed by atoms with Gasteiger partial charge in [-0.1, -0.05) is 32.9 Å². The van der Waals surface area contributed by atoms with E-state index >= 15 is 0 Å². The van der Waals surface area contributed by atoms with Crippen molar-refractivity contribution in [3.05, 3.63) is 11.7 Å². The number of rotatable bonds is 3. The van der Waals surface area contributed by atoms with E-state index in [-0.39, 0.29) is 5.41 Å². The predicted molar refractivity (Wildman–Crippen MR) is 79.4 cm³/mol. The molecule has 1 atom stereocenters. The second-order valence-electron chi connectivity index (χ2n) is 7.02. The lowest BCUT2D eigenvalue weighted by Crippen LogP contribution is -2.39. The highest BCUT2D eigenvalue weighted by Gasteiger charge is 2.36. The molecule has 1 fully saturated rings. The lowest BCUT2D eigenvalue weighted by atomic mass is 9.90. The maximum atomic E-state index is 6.58. The molecule has 0 amide bonds. The van der Waals surface area contributed by atoms with Gasteiger partial charge in [0.05, 0.1) is 5.54 Å². The van der Waals surface area contributed by atoms with Gasteiger partial charge >= 0.3 is 0 Å². The normalized spacial score (nSPS) is 25.6. The zero-order valence-electron chi connectivity index (χ0n) is 13.3. The van der Waals surface area contributed by atoms with Crippen LogP contribution in [0.5, 0.6) is 0 Å². The minimum atomic E-state index is -0.435. The van der Waals surface area contributed by atoms with E-state index in [1.54, 1.807) is 0 Å². The third kappa shape index (κ3) is 3.38. The minimum Gasteiger partial charge on any atom is -0.339 e. The molecule has 2 heterocycles. The van der Waals surface area contributed by atoms with Crippen LogP contribution in [0, 0.1) is 0 Å². The molecular formula is C15H28N4O. The molecule has 0 radical (unpaired) electrons. The number of hydrogen-bond donors (Lipinski definition) is 1. The van der Waals surface area contributed by atoms with E-state index in [1.807, 2.05) is 0 Å². The lowest BCUT2D eigenvalue weighted by molar-refractivity contribution is 0.270. The van der Waals surface area contributed by atoms with Crippen molar-refractivity contribution in [2.75, 3.05) is 19.6 Å². The molecule has 5 heteroatoms. The Morgan fingerprint density at radius 1 is 1.30 bits per heavy atom. The topological polar surface area (TPSA) is 68.2 Å². The molecule has 0 spiro atoms. The van der Waals surface area contributed by atoms with Crippen LogP contribution in [0.1, 0.15) is 65.1 Å². The molecule has 0 aromatic carbocycles. The van der Waals surface area contributed by atoms with E-state index in [1.165, 1.54) is 6.42 Å². The van der Waals surface area contributed by atoms with Crippen LogP contribution < -0.4 is 5.73 Å². The molecule has 1 saturated heterocycles. The van der Waals surface area contributed by atoms with Crippen molar-refractivity contribution in [1.29, 1.82) is 0 Å². The van der Waals surface area contributed by atoms with Gasteiger partial charge < -0.3 is 15.2 Å². The van der Waals surface area contributed by atoms with Gasteiger partial charge in [-0.2, -0.15) is 4.98 Å². The molecule has 0 saturated carbocycles. The molecule has 2 rings (SSSR count). The third-order valence-corrected chi connectivity index (χ3v) is 4.02. The SMILES string of the molecule is CCCN1CCCC(N)(c2noc(C(C)(C)C)n2)CC1. The molecule has 1 aromatic heterocycles. The third-order valence-electron chi connectivity index (χ3n) is 4.02. The summed E-state index contributed by atoms with van der Waals surface area (Å²) in [5.41, 5.74) is 6.02. The number of aromatic nitrogens is 2. The quantitative estimate of drug-likeness (QED) is 0.921. The van der Waals surface area contributed by atoms with Crippen molar-refractivity contribution in [3.63, 3.8) is 0 Å². The molecule has 2 N–H and O–H groups in total. The fourth-order valence-electron chi connectivity index (χ4n) is 2.71. The van der Waals surface area contributed by atoms with Crippen LogP contribution >= 0.6 is 0 Å². The highest BCUT2D eigenvalue weighted by atomic mass is 16.5. The lowest BCUT2D eigenvalue weighted by Gasteiger charge is -2.24. The largest absolute Gasteiger partial charge is 0.339 e. The fourth-order valence-corrected chi connectivity index (χ4v) is 2.71. The highest BCUT2D eigenvalue weighted by molar-refractivity contribution is 5.08. The average molecular weight is 280 g/mol. The summed E-state index contributed by atoms with van der Waals surface area (Å²) in [6.45, 7) is 11.7. The van der Waals surface area contributed by atoms with Crippen molar-refractivity contribution in [2.45, 2.75) is 64.3 Å². The van der Waals surface area contributed by atoms with Gasteiger partial charge in [-0.05, 0) is 38.8 Å². The van der Waals surface area contributed by atoms with Gasteiger partial charge in [-0.3, -0.25) is 0 Å². The van der Waals surface area contributed by atoms with Gasteiger partial charge in [0.1, 0.15) is 0 Å². The molecular weight excluding hydrogens is 252 g/mol. The van der Waals surface area contributed by atoms with Crippen LogP contribution in [0.2, 0.25) is 0 Å². The summed E-state index contributed by atoms with van der Waals surface area (Å²) in [6.07, 6.45) is 4.11. The van der Waals surface area contributed by atoms with Crippen molar-refractivity contribution < 1.29 is 4.52 Å². The van der Waals surface area contributed by atoms with Crippen LogP contribution in [0.15, 0.2) is 4.52 Å². The highest BCUT2D eigenvalue weighted by Crippen LogP contribution is 2.30. The first kappa shape index (κ1) is 15.4. The van der Waals surface area contributed by atoms with Gasteiger partial charge in [0.25, 0.3) is 0 Å². The fraction of sp³-hybridized carbons (Fsp3) is 0.867. The van der Waals surface area contributed by atoms with Gasteiger partial charge in [0.2, 0.25) is 5.89 Å². The number of hydrogen-bond acceptors (Lipinski definition) is 5. The Morgan fingerprint density at radius 2 is 2.05 bits per heavy atom. The number of likely N-dealkylation sites (tertiary alicyclic amines) is 1. The average Bonchev–Trinajstić information content (AvgIpc) is 2.79. The second kappa shape index (κ2) is 5.82. The van der Waals surface area contributed by atoms with Crippen LogP contribution in [0.25, 0.3) is 0 Å². The Bertz CT molecular complexity index is 437. The maximum Gasteiger partial charge on any atom is 0.232 e. The summed E-state index contributed by atoms with van der Waals surface area (Å²) in [6, 6.07) is 0. The van der Waals surface area contributed by atoms with Gasteiger partial charge in [-0.25, -0.2) is 0 Å². The Hall–Kier alpha value is -0.940. The molecule has 1 unspecified atom stereocenters. The van der Waals surface area contributed by atoms with Crippen molar-refractivity contribution in [3.8, 4) is 0 Å². The Kier molecular flexibility index (Phi) is 4.49. The molecule has 20 heavy (non-hydrogen) atoms. The second-order valence-corrected chi connectivity index (χ2v) is 7.02. The molecule has 1 aliphatic heterocycles. The van der Waals surface area contributed by atoms with Gasteiger partial charge in [0.15, 0.2) is 5.82 Å². The summed E-state index contributed by atoms with van der Waals surface area (Å²) in [7, 11) is 0. The summed E-state index contributed by atoms with van der Waals surface area (Å²) in [5, 5.41) is 4.16. The molecule has 0 aliphatic carbocycles. The van der Waals surface area contributed by atoms with E-state index in [9.17, 15) is 0 Å². The molecule has 1 aliphatic rings. The summed E-state index contributed by atoms with van der Waals surface area (Å²) in [5.74, 6) is 1.35. The smallest absolute Gasteiger partial charge is 0.232 e. The van der Waals surface area contributed by atoms with E-state index in [0.717, 1.165) is 38.9 Å². The van der Waals surface area contributed by atoms with E-state index in [0.29, 0.717) is 11.7 Å². The van der Waals surface area contributed by atoms with Gasteiger partial charge in [0, 0.05) is 12.0 Å². The first-order valence-corrected chi connectivity index (χ1v) is 7.71. The van der Waals surface area contributed by atoms with Crippen molar-refractivity contribution >= 4 is 0 Å². The van der Waals surface area contributed by atoms with Crippen molar-refractivity contribution in [1.82, 2.24) is 15.0 Å².